The van der Waals surface area contributed by atoms with Gasteiger partial charge in [0.2, 0.25) is 6.23 Å². The lowest BCUT2D eigenvalue weighted by molar-refractivity contribution is -0.0169. The van der Waals surface area contributed by atoms with Crippen LogP contribution in [-0.2, 0) is 0 Å². The number of rotatable bonds is 2. The fraction of sp³-hybridized carbons (Fsp3) is 0.190. The van der Waals surface area contributed by atoms with Crippen LogP contribution in [0.2, 0.25) is 0 Å². The van der Waals surface area contributed by atoms with E-state index in [-0.39, 0.29) is 18.0 Å². The van der Waals surface area contributed by atoms with Crippen molar-refractivity contribution in [3.63, 3.8) is 0 Å². The third-order valence-corrected chi connectivity index (χ3v) is 6.09. The van der Waals surface area contributed by atoms with Gasteiger partial charge in [0.25, 0.3) is 0 Å². The molecule has 5 rings (SSSR count). The first-order valence-corrected chi connectivity index (χ1v) is 9.54. The Labute approximate surface area is 156 Å². The molecule has 2 aromatic carbocycles. The van der Waals surface area contributed by atoms with Crippen LogP contribution in [0, 0.1) is 6.92 Å². The highest BCUT2D eigenvalue weighted by atomic mass is 32.1. The topological polar surface area (TPSA) is 45.1 Å². The molecule has 0 spiro atoms. The largest absolute Gasteiger partial charge is 0.507 e. The van der Waals surface area contributed by atoms with Crippen molar-refractivity contribution in [2.75, 3.05) is 0 Å². The molecule has 0 bridgehead atoms. The van der Waals surface area contributed by atoms with Gasteiger partial charge in [-0.2, -0.15) is 5.10 Å². The molecule has 3 aromatic rings. The summed E-state index contributed by atoms with van der Waals surface area (Å²) in [5.74, 6) is 1.18. The van der Waals surface area contributed by atoms with E-state index >= 15 is 0 Å². The number of phenolic OH excluding ortho intramolecular Hbond substituents is 1. The molecular formula is C21H18N2O2S. The van der Waals surface area contributed by atoms with Crippen LogP contribution in [0.15, 0.2) is 65.1 Å². The van der Waals surface area contributed by atoms with Gasteiger partial charge in [-0.3, -0.25) is 0 Å². The summed E-state index contributed by atoms with van der Waals surface area (Å²) in [6, 6.07) is 17.8. The number of fused-ring (bicyclic) bond motifs is 3. The fourth-order valence-electron chi connectivity index (χ4n) is 3.72. The summed E-state index contributed by atoms with van der Waals surface area (Å²) in [5.41, 5.74) is 4.05. The number of ether oxygens (including phenoxy) is 1. The molecule has 3 heterocycles. The Kier molecular flexibility index (Phi) is 3.50. The molecule has 0 radical (unpaired) electrons. The average molecular weight is 362 g/mol. The van der Waals surface area contributed by atoms with E-state index in [0.717, 1.165) is 29.0 Å². The molecule has 5 heteroatoms. The van der Waals surface area contributed by atoms with Gasteiger partial charge in [-0.05, 0) is 42.1 Å². The standard InChI is InChI=1S/C21H18N2O2S/c1-13-10-11-26-20(13)21-23-17(15-7-3-5-9-19(15)25-21)12-16(22-23)14-6-2-4-8-18(14)24/h2-11,17,21,24H,12H2,1H3/t17-,21-/m1/s1. The maximum atomic E-state index is 10.3. The number of thiophene rings is 1. The molecule has 2 aliphatic heterocycles. The molecule has 0 amide bonds. The van der Waals surface area contributed by atoms with Crippen molar-refractivity contribution in [2.45, 2.75) is 25.6 Å². The zero-order chi connectivity index (χ0) is 17.7. The zero-order valence-corrected chi connectivity index (χ0v) is 15.1. The van der Waals surface area contributed by atoms with Gasteiger partial charge in [0, 0.05) is 17.5 Å². The first kappa shape index (κ1) is 15.5. The van der Waals surface area contributed by atoms with Gasteiger partial charge in [-0.15, -0.1) is 11.3 Å². The minimum Gasteiger partial charge on any atom is -0.507 e. The molecule has 2 aliphatic rings. The van der Waals surface area contributed by atoms with E-state index in [2.05, 4.69) is 29.4 Å². The van der Waals surface area contributed by atoms with Crippen molar-refractivity contribution in [3.8, 4) is 11.5 Å². The van der Waals surface area contributed by atoms with Crippen LogP contribution < -0.4 is 4.74 Å². The van der Waals surface area contributed by atoms with Crippen molar-refractivity contribution in [1.82, 2.24) is 5.01 Å². The van der Waals surface area contributed by atoms with Crippen LogP contribution >= 0.6 is 11.3 Å². The second-order valence-corrected chi connectivity index (χ2v) is 7.59. The molecule has 0 aliphatic carbocycles. The molecular weight excluding hydrogens is 344 g/mol. The smallest absolute Gasteiger partial charge is 0.223 e. The van der Waals surface area contributed by atoms with E-state index in [9.17, 15) is 5.11 Å². The van der Waals surface area contributed by atoms with Crippen molar-refractivity contribution in [2.24, 2.45) is 5.10 Å². The number of hydrogen-bond donors (Lipinski definition) is 1. The lowest BCUT2D eigenvalue weighted by Gasteiger charge is -2.37. The van der Waals surface area contributed by atoms with Gasteiger partial charge in [0.1, 0.15) is 11.5 Å². The summed E-state index contributed by atoms with van der Waals surface area (Å²) in [7, 11) is 0. The summed E-state index contributed by atoms with van der Waals surface area (Å²) in [6.07, 6.45) is 0.511. The van der Waals surface area contributed by atoms with Crippen molar-refractivity contribution < 1.29 is 9.84 Å². The minimum absolute atomic E-state index is 0.112. The van der Waals surface area contributed by atoms with E-state index in [1.165, 1.54) is 10.4 Å². The van der Waals surface area contributed by atoms with E-state index in [1.54, 1.807) is 17.4 Å². The van der Waals surface area contributed by atoms with Crippen LogP contribution in [0.25, 0.3) is 0 Å². The van der Waals surface area contributed by atoms with Gasteiger partial charge < -0.3 is 9.84 Å². The van der Waals surface area contributed by atoms with E-state index in [0.29, 0.717) is 0 Å². The Balaban J connectivity index is 1.63. The number of hydrazone groups is 1. The fourth-order valence-corrected chi connectivity index (χ4v) is 4.67. The average Bonchev–Trinajstić information content (AvgIpc) is 3.28. The van der Waals surface area contributed by atoms with Crippen LogP contribution in [0.3, 0.4) is 0 Å². The van der Waals surface area contributed by atoms with Crippen LogP contribution in [-0.4, -0.2) is 15.8 Å². The summed E-state index contributed by atoms with van der Waals surface area (Å²) < 4.78 is 6.35. The lowest BCUT2D eigenvalue weighted by atomic mass is 9.96. The highest BCUT2D eigenvalue weighted by Crippen LogP contribution is 2.49. The SMILES string of the molecule is Cc1ccsc1[C@H]1Oc2ccccc2[C@H]2CC(c3ccccc3O)=NN21. The molecule has 1 N–H and O–H groups in total. The predicted molar refractivity (Wildman–Crippen MR) is 103 cm³/mol. The molecule has 130 valence electrons. The maximum Gasteiger partial charge on any atom is 0.223 e. The Morgan fingerprint density at radius 3 is 2.73 bits per heavy atom. The van der Waals surface area contributed by atoms with Crippen molar-refractivity contribution >= 4 is 17.0 Å². The third-order valence-electron chi connectivity index (χ3n) is 5.04. The van der Waals surface area contributed by atoms with Gasteiger partial charge in [-0.25, -0.2) is 5.01 Å². The number of para-hydroxylation sites is 2. The number of hydrogen-bond acceptors (Lipinski definition) is 5. The Morgan fingerprint density at radius 1 is 1.12 bits per heavy atom. The molecule has 0 fully saturated rings. The second kappa shape index (κ2) is 5.88. The normalized spacial score (nSPS) is 21.0. The van der Waals surface area contributed by atoms with Crippen LogP contribution in [0.5, 0.6) is 11.5 Å². The monoisotopic (exact) mass is 362 g/mol. The molecule has 0 unspecified atom stereocenters. The van der Waals surface area contributed by atoms with Crippen LogP contribution in [0.4, 0.5) is 0 Å². The first-order valence-electron chi connectivity index (χ1n) is 8.66. The number of aromatic hydroxyl groups is 1. The van der Waals surface area contributed by atoms with Gasteiger partial charge in [0.05, 0.1) is 16.6 Å². The molecule has 2 atom stereocenters. The lowest BCUT2D eigenvalue weighted by Crippen LogP contribution is -2.33. The number of nitrogens with zero attached hydrogens (tertiary/aromatic N) is 2. The number of phenols is 1. The number of benzene rings is 2. The molecule has 26 heavy (non-hydrogen) atoms. The summed E-state index contributed by atoms with van der Waals surface area (Å²) >= 11 is 1.69. The summed E-state index contributed by atoms with van der Waals surface area (Å²) in [6.45, 7) is 2.11. The molecule has 0 saturated heterocycles. The van der Waals surface area contributed by atoms with Gasteiger partial charge in [0.15, 0.2) is 0 Å². The highest BCUT2D eigenvalue weighted by Gasteiger charge is 2.42. The molecule has 0 saturated carbocycles. The minimum atomic E-state index is -0.238. The first-order chi connectivity index (χ1) is 12.7. The quantitative estimate of drug-likeness (QED) is 0.697. The van der Waals surface area contributed by atoms with E-state index < -0.39 is 0 Å². The molecule has 1 aromatic heterocycles. The Bertz CT molecular complexity index is 1010. The van der Waals surface area contributed by atoms with Crippen LogP contribution in [0.1, 0.15) is 40.3 Å². The highest BCUT2D eigenvalue weighted by molar-refractivity contribution is 7.10. The Hall–Kier alpha value is -2.79. The maximum absolute atomic E-state index is 10.3. The van der Waals surface area contributed by atoms with E-state index in [1.807, 2.05) is 36.4 Å². The Morgan fingerprint density at radius 2 is 1.92 bits per heavy atom. The predicted octanol–water partition coefficient (Wildman–Crippen LogP) is 5.00. The van der Waals surface area contributed by atoms with Crippen molar-refractivity contribution in [1.29, 1.82) is 0 Å². The van der Waals surface area contributed by atoms with Crippen molar-refractivity contribution in [3.05, 3.63) is 81.5 Å². The van der Waals surface area contributed by atoms with Gasteiger partial charge >= 0.3 is 0 Å². The second-order valence-electron chi connectivity index (χ2n) is 6.64. The zero-order valence-electron chi connectivity index (χ0n) is 14.3. The molecule has 4 nitrogen and oxygen atoms in total. The summed E-state index contributed by atoms with van der Waals surface area (Å²) in [5, 5.41) is 19.3. The van der Waals surface area contributed by atoms with Gasteiger partial charge in [-0.1, -0.05) is 30.3 Å². The summed E-state index contributed by atoms with van der Waals surface area (Å²) in [4.78, 5) is 1.17. The third kappa shape index (κ3) is 2.31. The van der Waals surface area contributed by atoms with E-state index in [4.69, 9.17) is 9.84 Å². The number of aryl methyl sites for hydroxylation is 1.